The van der Waals surface area contributed by atoms with Crippen molar-refractivity contribution in [2.45, 2.75) is 5.38 Å². The van der Waals surface area contributed by atoms with E-state index in [1.165, 1.54) is 0 Å². The zero-order valence-electron chi connectivity index (χ0n) is 10.1. The zero-order chi connectivity index (χ0) is 13.2. The van der Waals surface area contributed by atoms with Gasteiger partial charge in [-0.2, -0.15) is 0 Å². The molecule has 5 heteroatoms. The smallest absolute Gasteiger partial charge is 0.255 e. The molecule has 1 aromatic carbocycles. The van der Waals surface area contributed by atoms with Crippen LogP contribution in [0.15, 0.2) is 41.2 Å². The van der Waals surface area contributed by atoms with Gasteiger partial charge in [-0.25, -0.2) is 0 Å². The number of hydrogen-bond donors (Lipinski definition) is 1. The first-order valence-electron chi connectivity index (χ1n) is 5.97. The van der Waals surface area contributed by atoms with Crippen LogP contribution in [0, 0.1) is 0 Å². The molecule has 1 N–H and O–H groups in total. The minimum atomic E-state index is -0.347. The minimum absolute atomic E-state index is 0.134. The summed E-state index contributed by atoms with van der Waals surface area (Å²) in [4.78, 5) is 11.9. The van der Waals surface area contributed by atoms with Crippen LogP contribution in [-0.2, 0) is 0 Å². The van der Waals surface area contributed by atoms with Gasteiger partial charge in [0.1, 0.15) is 12.4 Å². The molecule has 0 saturated heterocycles. The van der Waals surface area contributed by atoms with Gasteiger partial charge in [-0.1, -0.05) is 6.07 Å². The third-order valence-electron chi connectivity index (χ3n) is 3.02. The van der Waals surface area contributed by atoms with Crippen LogP contribution in [0.1, 0.15) is 26.9 Å². The van der Waals surface area contributed by atoms with Crippen molar-refractivity contribution in [2.24, 2.45) is 0 Å². The van der Waals surface area contributed by atoms with E-state index in [1.807, 2.05) is 6.07 Å². The van der Waals surface area contributed by atoms with Gasteiger partial charge in [0.2, 0.25) is 0 Å². The maximum atomic E-state index is 11.9. The summed E-state index contributed by atoms with van der Waals surface area (Å²) < 4.78 is 10.5. The molecule has 0 radical (unpaired) electrons. The Balaban J connectivity index is 1.98. The monoisotopic (exact) mass is 277 g/mol. The van der Waals surface area contributed by atoms with Crippen molar-refractivity contribution in [1.82, 2.24) is 5.32 Å². The fourth-order valence-electron chi connectivity index (χ4n) is 2.04. The highest BCUT2D eigenvalue weighted by molar-refractivity contribution is 6.22. The molecule has 1 unspecified atom stereocenters. The van der Waals surface area contributed by atoms with E-state index >= 15 is 0 Å². The van der Waals surface area contributed by atoms with Gasteiger partial charge in [0.05, 0.1) is 30.0 Å². The molecule has 0 saturated carbocycles. The van der Waals surface area contributed by atoms with E-state index in [0.717, 1.165) is 11.1 Å². The second kappa shape index (κ2) is 4.97. The first-order chi connectivity index (χ1) is 9.25. The molecule has 0 aliphatic carbocycles. The molecule has 4 nitrogen and oxygen atoms in total. The lowest BCUT2D eigenvalue weighted by Crippen LogP contribution is -2.24. The summed E-state index contributed by atoms with van der Waals surface area (Å²) in [6.07, 6.45) is 3.17. The number of furan rings is 1. The lowest BCUT2D eigenvalue weighted by atomic mass is 10.0. The van der Waals surface area contributed by atoms with Crippen LogP contribution >= 0.6 is 11.6 Å². The largest absolute Gasteiger partial charge is 0.491 e. The number of rotatable bonds is 2. The fourth-order valence-corrected chi connectivity index (χ4v) is 2.30. The first-order valence-corrected chi connectivity index (χ1v) is 6.40. The second-order valence-electron chi connectivity index (χ2n) is 4.28. The average molecular weight is 278 g/mol. The van der Waals surface area contributed by atoms with E-state index in [2.05, 4.69) is 5.32 Å². The van der Waals surface area contributed by atoms with E-state index in [-0.39, 0.29) is 11.3 Å². The number of nitrogens with one attached hydrogen (secondary N) is 1. The summed E-state index contributed by atoms with van der Waals surface area (Å²) in [7, 11) is 0. The highest BCUT2D eigenvalue weighted by atomic mass is 35.5. The summed E-state index contributed by atoms with van der Waals surface area (Å²) in [5, 5.41) is 2.43. The molecule has 3 rings (SSSR count). The topological polar surface area (TPSA) is 51.5 Å². The van der Waals surface area contributed by atoms with Gasteiger partial charge in [-0.05, 0) is 23.8 Å². The normalized spacial score (nSPS) is 15.9. The number of fused-ring (bicyclic) bond motifs is 1. The standard InChI is InChI=1S/C14H12ClNO3/c15-13(10-3-5-18-8-10)9-1-2-12-11(7-9)14(17)16-4-6-19-12/h1-3,5,7-8,13H,4,6H2,(H,16,17). The van der Waals surface area contributed by atoms with Crippen molar-refractivity contribution in [2.75, 3.05) is 13.2 Å². The van der Waals surface area contributed by atoms with E-state index < -0.39 is 0 Å². The Labute approximate surface area is 115 Å². The van der Waals surface area contributed by atoms with Gasteiger partial charge >= 0.3 is 0 Å². The van der Waals surface area contributed by atoms with E-state index in [0.29, 0.717) is 24.5 Å². The Morgan fingerprint density at radius 2 is 2.16 bits per heavy atom. The van der Waals surface area contributed by atoms with Gasteiger partial charge in [0.25, 0.3) is 5.91 Å². The number of benzene rings is 1. The molecule has 2 aromatic rings. The summed E-state index contributed by atoms with van der Waals surface area (Å²) in [6.45, 7) is 0.985. The Kier molecular flexibility index (Phi) is 3.17. The molecule has 1 aliphatic rings. The third-order valence-corrected chi connectivity index (χ3v) is 3.53. The predicted octanol–water partition coefficient (Wildman–Crippen LogP) is 2.73. The van der Waals surface area contributed by atoms with Crippen LogP contribution in [0.25, 0.3) is 0 Å². The Morgan fingerprint density at radius 3 is 2.95 bits per heavy atom. The molecular formula is C14H12ClNO3. The minimum Gasteiger partial charge on any atom is -0.491 e. The lowest BCUT2D eigenvalue weighted by molar-refractivity contribution is 0.0957. The van der Waals surface area contributed by atoms with Gasteiger partial charge in [0.15, 0.2) is 0 Å². The Hall–Kier alpha value is -1.94. The molecule has 1 amide bonds. The number of amides is 1. The van der Waals surface area contributed by atoms with Crippen molar-refractivity contribution < 1.29 is 13.9 Å². The molecule has 1 aliphatic heterocycles. The second-order valence-corrected chi connectivity index (χ2v) is 4.72. The number of alkyl halides is 1. The van der Waals surface area contributed by atoms with Gasteiger partial charge in [-0.3, -0.25) is 4.79 Å². The highest BCUT2D eigenvalue weighted by Gasteiger charge is 2.20. The van der Waals surface area contributed by atoms with Crippen LogP contribution < -0.4 is 10.1 Å². The van der Waals surface area contributed by atoms with Crippen LogP contribution in [-0.4, -0.2) is 19.1 Å². The Bertz CT molecular complexity index is 595. The molecule has 0 bridgehead atoms. The average Bonchev–Trinajstić information content (AvgIpc) is 2.90. The molecule has 1 atom stereocenters. The van der Waals surface area contributed by atoms with Crippen molar-refractivity contribution in [3.8, 4) is 5.75 Å². The molecule has 1 aromatic heterocycles. The van der Waals surface area contributed by atoms with E-state index in [4.69, 9.17) is 20.8 Å². The number of ether oxygens (including phenoxy) is 1. The number of carbonyl (C=O) groups is 1. The maximum absolute atomic E-state index is 11.9. The van der Waals surface area contributed by atoms with Crippen molar-refractivity contribution in [3.05, 3.63) is 53.5 Å². The highest BCUT2D eigenvalue weighted by Crippen LogP contribution is 2.32. The summed E-state index contributed by atoms with van der Waals surface area (Å²) >= 11 is 6.37. The molecule has 2 heterocycles. The van der Waals surface area contributed by atoms with Gasteiger partial charge in [0, 0.05) is 5.56 Å². The van der Waals surface area contributed by atoms with Crippen LogP contribution in [0.2, 0.25) is 0 Å². The van der Waals surface area contributed by atoms with E-state index in [9.17, 15) is 4.79 Å². The molecular weight excluding hydrogens is 266 g/mol. The molecule has 19 heavy (non-hydrogen) atoms. The van der Waals surface area contributed by atoms with Crippen molar-refractivity contribution in [1.29, 1.82) is 0 Å². The van der Waals surface area contributed by atoms with Crippen LogP contribution in [0.4, 0.5) is 0 Å². The fraction of sp³-hybridized carbons (Fsp3) is 0.214. The van der Waals surface area contributed by atoms with Crippen LogP contribution in [0.3, 0.4) is 0 Å². The SMILES string of the molecule is O=C1NCCOc2ccc(C(Cl)c3ccoc3)cc21. The predicted molar refractivity (Wildman–Crippen MR) is 70.7 cm³/mol. The zero-order valence-corrected chi connectivity index (χ0v) is 10.8. The third kappa shape index (κ3) is 2.31. The molecule has 0 fully saturated rings. The van der Waals surface area contributed by atoms with Crippen LogP contribution in [0.5, 0.6) is 5.75 Å². The molecule has 98 valence electrons. The summed E-state index contributed by atoms with van der Waals surface area (Å²) in [5.74, 6) is 0.459. The van der Waals surface area contributed by atoms with Crippen molar-refractivity contribution in [3.63, 3.8) is 0 Å². The molecule has 0 spiro atoms. The van der Waals surface area contributed by atoms with Gasteiger partial charge in [-0.15, -0.1) is 11.6 Å². The maximum Gasteiger partial charge on any atom is 0.255 e. The summed E-state index contributed by atoms with van der Waals surface area (Å²) in [5.41, 5.74) is 2.21. The quantitative estimate of drug-likeness (QED) is 0.859. The van der Waals surface area contributed by atoms with Crippen molar-refractivity contribution >= 4 is 17.5 Å². The van der Waals surface area contributed by atoms with E-state index in [1.54, 1.807) is 30.7 Å². The Morgan fingerprint density at radius 1 is 1.26 bits per heavy atom. The van der Waals surface area contributed by atoms with Gasteiger partial charge < -0.3 is 14.5 Å². The first kappa shape index (κ1) is 12.1. The summed E-state index contributed by atoms with van der Waals surface area (Å²) in [6, 6.07) is 7.22. The lowest BCUT2D eigenvalue weighted by Gasteiger charge is -2.11. The number of hydrogen-bond acceptors (Lipinski definition) is 3. The number of halogens is 1. The number of carbonyl (C=O) groups excluding carboxylic acids is 1.